The van der Waals surface area contributed by atoms with E-state index in [1.165, 1.54) is 0 Å². The fraction of sp³-hybridized carbons (Fsp3) is 0.556. The molecule has 2 unspecified atom stereocenters. The van der Waals surface area contributed by atoms with Gasteiger partial charge in [-0.25, -0.2) is 9.59 Å². The standard InChI is InChI=1S/C18H22N2O14S2/c1-31-35(27,28)11-9-13(21)19(17(11)25)33-15(23)7-5-3-4-6-8-16(24)34-20-14(22)10-12(18(20)26)36(29,30)32-2/h11-12H,1-10H2/q+2. The molecule has 0 saturated carbocycles. The Morgan fingerprint density at radius 2 is 1.03 bits per heavy atom. The highest BCUT2D eigenvalue weighted by molar-refractivity contribution is 7.88. The molecule has 2 atom stereocenters. The Hall–Kier alpha value is -3.22. The Balaban J connectivity index is 1.67. The molecule has 0 aliphatic carbocycles. The normalized spacial score (nSPS) is 20.8. The molecule has 4 amide bonds. The number of amides is 4. The highest BCUT2D eigenvalue weighted by Crippen LogP contribution is 2.23. The number of hydroxylamine groups is 4. The third-order valence-corrected chi connectivity index (χ3v) is 7.84. The lowest BCUT2D eigenvalue weighted by Crippen LogP contribution is -2.37. The van der Waals surface area contributed by atoms with Crippen molar-refractivity contribution >= 4 is 55.8 Å². The summed E-state index contributed by atoms with van der Waals surface area (Å²) in [6, 6.07) is 0. The first-order valence-electron chi connectivity index (χ1n) is 10.2. The molecule has 2 aliphatic heterocycles. The Morgan fingerprint density at radius 1 is 0.694 bits per heavy atom. The summed E-state index contributed by atoms with van der Waals surface area (Å²) in [5.41, 5.74) is 0. The molecular weight excluding hydrogens is 532 g/mol. The summed E-state index contributed by atoms with van der Waals surface area (Å²) in [7, 11) is -3.46. The summed E-state index contributed by atoms with van der Waals surface area (Å²) in [4.78, 5) is 80.6. The predicted molar refractivity (Wildman–Crippen MR) is 111 cm³/mol. The molecule has 0 spiro atoms. The summed E-state index contributed by atoms with van der Waals surface area (Å²) >= 11 is 0. The maximum atomic E-state index is 12.0. The van der Waals surface area contributed by atoms with E-state index in [2.05, 4.69) is 32.3 Å². The van der Waals surface area contributed by atoms with Crippen molar-refractivity contribution in [1.29, 1.82) is 0 Å². The van der Waals surface area contributed by atoms with Crippen LogP contribution in [0.15, 0.2) is 0 Å². The number of imide groups is 2. The van der Waals surface area contributed by atoms with Gasteiger partial charge in [-0.3, -0.25) is 19.2 Å². The number of hydrogen-bond donors (Lipinski definition) is 0. The van der Waals surface area contributed by atoms with Gasteiger partial charge in [0, 0.05) is 12.8 Å². The Labute approximate surface area is 205 Å². The second-order valence-electron chi connectivity index (χ2n) is 7.50. The van der Waals surface area contributed by atoms with Crippen molar-refractivity contribution < 1.29 is 63.6 Å². The highest BCUT2D eigenvalue weighted by Gasteiger charge is 2.51. The van der Waals surface area contributed by atoms with Crippen LogP contribution in [-0.4, -0.2) is 73.0 Å². The molecule has 2 rings (SSSR count). The molecule has 198 valence electrons. The van der Waals surface area contributed by atoms with Crippen LogP contribution in [0.4, 0.5) is 0 Å². The summed E-state index contributed by atoms with van der Waals surface area (Å²) in [6.45, 7) is 0. The van der Waals surface area contributed by atoms with Crippen LogP contribution in [0.3, 0.4) is 0 Å². The van der Waals surface area contributed by atoms with E-state index in [4.69, 9.17) is 0 Å². The van der Waals surface area contributed by atoms with Gasteiger partial charge >= 0.3 is 32.2 Å². The third-order valence-electron chi connectivity index (χ3n) is 5.05. The van der Waals surface area contributed by atoms with Crippen LogP contribution in [0.25, 0.3) is 0 Å². The lowest BCUT2D eigenvalue weighted by atomic mass is 10.1. The van der Waals surface area contributed by atoms with Crippen LogP contribution in [0.2, 0.25) is 0 Å². The van der Waals surface area contributed by atoms with E-state index in [0.717, 1.165) is 0 Å². The monoisotopic (exact) mass is 554 g/mol. The zero-order chi connectivity index (χ0) is 27.3. The summed E-state index contributed by atoms with van der Waals surface area (Å²) in [5, 5.41) is -3.57. The average Bonchev–Trinajstić information content (AvgIpc) is 3.27. The van der Waals surface area contributed by atoms with Gasteiger partial charge in [-0.05, 0) is 12.8 Å². The number of rotatable bonds is 13. The molecule has 16 nitrogen and oxygen atoms in total. The van der Waals surface area contributed by atoms with Gasteiger partial charge in [0.2, 0.25) is 14.2 Å². The van der Waals surface area contributed by atoms with Crippen molar-refractivity contribution in [3.05, 3.63) is 14.2 Å². The van der Waals surface area contributed by atoms with E-state index in [0.29, 0.717) is 12.8 Å². The first-order chi connectivity index (χ1) is 16.7. The average molecular weight is 555 g/mol. The third kappa shape index (κ3) is 6.71. The molecule has 0 N–H and O–H groups in total. The largest absolute Gasteiger partial charge is 0.333 e. The molecule has 2 aliphatic rings. The van der Waals surface area contributed by atoms with Crippen LogP contribution >= 0.6 is 0 Å². The van der Waals surface area contributed by atoms with E-state index >= 15 is 0 Å². The van der Waals surface area contributed by atoms with E-state index in [1.807, 2.05) is 0 Å². The van der Waals surface area contributed by atoms with E-state index < -0.39 is 79.1 Å². The molecule has 0 aromatic carbocycles. The minimum atomic E-state index is -4.43. The van der Waals surface area contributed by atoms with Gasteiger partial charge in [0.25, 0.3) is 23.6 Å². The highest BCUT2D eigenvalue weighted by atomic mass is 32.2. The smallest absolute Gasteiger partial charge is 0.330 e. The van der Waals surface area contributed by atoms with Crippen LogP contribution in [0.1, 0.15) is 51.4 Å². The summed E-state index contributed by atoms with van der Waals surface area (Å²) in [5.74, 6) is -6.54. The second-order valence-corrected chi connectivity index (χ2v) is 11.1. The molecule has 2 fully saturated rings. The van der Waals surface area contributed by atoms with Gasteiger partial charge in [0.15, 0.2) is 10.5 Å². The van der Waals surface area contributed by atoms with Crippen molar-refractivity contribution in [2.75, 3.05) is 0 Å². The zero-order valence-corrected chi connectivity index (χ0v) is 20.3. The molecule has 36 heavy (non-hydrogen) atoms. The van der Waals surface area contributed by atoms with Gasteiger partial charge < -0.3 is 9.68 Å². The van der Waals surface area contributed by atoms with E-state index in [9.17, 15) is 45.6 Å². The van der Waals surface area contributed by atoms with Crippen molar-refractivity contribution in [3.8, 4) is 0 Å². The van der Waals surface area contributed by atoms with Gasteiger partial charge in [0.1, 0.15) is 0 Å². The number of carbonyl (C=O) groups excluding carboxylic acids is 6. The minimum Gasteiger partial charge on any atom is -0.330 e. The lowest BCUT2D eigenvalue weighted by Gasteiger charge is -2.13. The number of hydrogen-bond acceptors (Lipinski definition) is 14. The molecule has 0 aromatic heterocycles. The quantitative estimate of drug-likeness (QED) is 0.113. The van der Waals surface area contributed by atoms with Crippen LogP contribution < -0.4 is 0 Å². The topological polar surface area (TPSA) is 214 Å². The Kier molecular flexibility index (Phi) is 9.41. The number of carbonyl (C=O) groups is 6. The Bertz CT molecular complexity index is 1060. The molecule has 2 heterocycles. The molecular formula is C18H22N2O14S2+2. The minimum absolute atomic E-state index is 0.0689. The molecule has 18 heteroatoms. The number of nitrogens with zero attached hydrogens (tertiary/aromatic N) is 2. The van der Waals surface area contributed by atoms with Gasteiger partial charge in [-0.15, -0.1) is 10.1 Å². The van der Waals surface area contributed by atoms with Crippen LogP contribution in [0, 0.1) is 14.2 Å². The SMILES string of the molecule is [CH2+]OS(=O)(=O)C1CC(=O)N(OC(=O)CCCCCCC(=O)ON2C(=O)CC(S(=O)(=O)O[CH2+])C2=O)C1=O. The first-order valence-corrected chi connectivity index (χ1v) is 13.2. The molecule has 0 bridgehead atoms. The van der Waals surface area contributed by atoms with E-state index in [1.54, 1.807) is 0 Å². The van der Waals surface area contributed by atoms with Crippen molar-refractivity contribution in [2.45, 2.75) is 61.9 Å². The Morgan fingerprint density at radius 3 is 1.33 bits per heavy atom. The fourth-order valence-corrected chi connectivity index (χ4v) is 4.87. The predicted octanol–water partition coefficient (Wildman–Crippen LogP) is -1.23. The molecule has 0 aromatic rings. The van der Waals surface area contributed by atoms with Crippen LogP contribution in [0.5, 0.6) is 0 Å². The number of unbranched alkanes of at least 4 members (excludes halogenated alkanes) is 3. The molecule has 2 saturated heterocycles. The lowest BCUT2D eigenvalue weighted by molar-refractivity contribution is -0.197. The van der Waals surface area contributed by atoms with E-state index in [-0.39, 0.29) is 35.8 Å². The maximum Gasteiger partial charge on any atom is 0.333 e. The van der Waals surface area contributed by atoms with Gasteiger partial charge in [-0.1, -0.05) is 21.2 Å². The maximum absolute atomic E-state index is 12.0. The summed E-state index contributed by atoms with van der Waals surface area (Å²) in [6.07, 6.45) is -0.747. The summed E-state index contributed by atoms with van der Waals surface area (Å²) < 4.78 is 54.2. The van der Waals surface area contributed by atoms with Crippen molar-refractivity contribution in [1.82, 2.24) is 10.1 Å². The van der Waals surface area contributed by atoms with Crippen molar-refractivity contribution in [2.24, 2.45) is 0 Å². The first kappa shape index (κ1) is 29.0. The second kappa shape index (κ2) is 11.7. The zero-order valence-electron chi connectivity index (χ0n) is 18.7. The van der Waals surface area contributed by atoms with Gasteiger partial charge in [-0.2, -0.15) is 16.8 Å². The van der Waals surface area contributed by atoms with Gasteiger partial charge in [0.05, 0.1) is 12.8 Å². The van der Waals surface area contributed by atoms with Crippen molar-refractivity contribution in [3.63, 3.8) is 0 Å². The van der Waals surface area contributed by atoms with Crippen LogP contribution in [-0.2, 0) is 67.0 Å². The molecule has 0 radical (unpaired) electrons. The fourth-order valence-electron chi connectivity index (χ4n) is 3.16.